The maximum absolute atomic E-state index is 12.8. The molecule has 0 bridgehead atoms. The molecule has 162 valence electrons. The number of allylic oxidation sites excluding steroid dienone is 2. The van der Waals surface area contributed by atoms with Crippen molar-refractivity contribution in [3.63, 3.8) is 0 Å². The first-order valence-electron chi connectivity index (χ1n) is 9.45. The van der Waals surface area contributed by atoms with Gasteiger partial charge in [0.15, 0.2) is 16.6 Å². The normalized spacial score (nSPS) is 12.0. The first kappa shape index (κ1) is 23.2. The predicted molar refractivity (Wildman–Crippen MR) is 116 cm³/mol. The molecule has 1 atom stereocenters. The maximum atomic E-state index is 12.8. The van der Waals surface area contributed by atoms with Gasteiger partial charge in [-0.05, 0) is 57.0 Å². The van der Waals surface area contributed by atoms with Crippen LogP contribution in [0.25, 0.3) is 0 Å². The average Bonchev–Trinajstić information content (AvgIpc) is 2.70. The first-order valence-corrected chi connectivity index (χ1v) is 11.0. The highest BCUT2D eigenvalue weighted by atomic mass is 32.2. The molecule has 9 heteroatoms. The molecule has 30 heavy (non-hydrogen) atoms. The minimum Gasteiger partial charge on any atom is -0.506 e. The average molecular weight is 434 g/mol. The Morgan fingerprint density at radius 2 is 1.83 bits per heavy atom. The summed E-state index contributed by atoms with van der Waals surface area (Å²) in [5.41, 5.74) is 1.75. The molecule has 0 spiro atoms. The third kappa shape index (κ3) is 5.73. The Kier molecular flexibility index (Phi) is 7.82. The van der Waals surface area contributed by atoms with Crippen molar-refractivity contribution in [2.24, 2.45) is 0 Å². The number of aromatic hydroxyl groups is 1. The number of ether oxygens (including phenoxy) is 1. The Morgan fingerprint density at radius 3 is 2.40 bits per heavy atom. The van der Waals surface area contributed by atoms with E-state index in [-0.39, 0.29) is 29.5 Å². The number of phenols is 1. The van der Waals surface area contributed by atoms with Gasteiger partial charge in [-0.15, -0.1) is 0 Å². The zero-order valence-corrected chi connectivity index (χ0v) is 18.3. The Balaban J connectivity index is 2.09. The van der Waals surface area contributed by atoms with E-state index in [0.717, 1.165) is 11.3 Å². The second-order valence-electron chi connectivity index (χ2n) is 6.87. The van der Waals surface area contributed by atoms with E-state index >= 15 is 0 Å². The highest BCUT2D eigenvalue weighted by Crippen LogP contribution is 2.27. The summed E-state index contributed by atoms with van der Waals surface area (Å²) in [6, 6.07) is 7.21. The van der Waals surface area contributed by atoms with E-state index in [4.69, 9.17) is 4.74 Å². The molecule has 3 N–H and O–H groups in total. The van der Waals surface area contributed by atoms with E-state index in [9.17, 15) is 18.3 Å². The summed E-state index contributed by atoms with van der Waals surface area (Å²) in [4.78, 5) is 16.5. The van der Waals surface area contributed by atoms with Crippen molar-refractivity contribution >= 4 is 27.1 Å². The minimum atomic E-state index is -3.86. The van der Waals surface area contributed by atoms with Crippen LogP contribution in [0.1, 0.15) is 34.1 Å². The monoisotopic (exact) mass is 433 g/mol. The second-order valence-corrected chi connectivity index (χ2v) is 9.00. The number of benzene rings is 1. The van der Waals surface area contributed by atoms with Crippen molar-refractivity contribution in [2.75, 3.05) is 17.4 Å². The number of anilines is 2. The summed E-state index contributed by atoms with van der Waals surface area (Å²) in [5, 5.41) is 14.4. The molecule has 1 unspecified atom stereocenters. The molecule has 8 nitrogen and oxygen atoms in total. The summed E-state index contributed by atoms with van der Waals surface area (Å²) >= 11 is 0. The van der Waals surface area contributed by atoms with Crippen molar-refractivity contribution in [1.82, 2.24) is 4.98 Å². The number of pyridine rings is 1. The largest absolute Gasteiger partial charge is 0.506 e. The van der Waals surface area contributed by atoms with Crippen molar-refractivity contribution < 1.29 is 23.1 Å². The zero-order valence-electron chi connectivity index (χ0n) is 17.5. The van der Waals surface area contributed by atoms with Gasteiger partial charge in [0.25, 0.3) is 0 Å². The van der Waals surface area contributed by atoms with E-state index < -0.39 is 21.0 Å². The molecule has 2 rings (SSSR count). The van der Waals surface area contributed by atoms with E-state index in [2.05, 4.69) is 15.6 Å². The number of amides is 1. The predicted octanol–water partition coefficient (Wildman–Crippen LogP) is 3.68. The molecule has 1 aromatic carbocycles. The van der Waals surface area contributed by atoms with Crippen molar-refractivity contribution in [2.45, 2.75) is 44.3 Å². The van der Waals surface area contributed by atoms with Crippen molar-refractivity contribution in [3.8, 4) is 5.75 Å². The number of hydrogen-bond donors (Lipinski definition) is 3. The fraction of sp³-hybridized carbons (Fsp3) is 0.333. The highest BCUT2D eigenvalue weighted by molar-refractivity contribution is 7.92. The molecule has 0 aliphatic rings. The summed E-state index contributed by atoms with van der Waals surface area (Å²) in [5.74, 6) is 0.0140. The third-order valence-electron chi connectivity index (χ3n) is 4.54. The van der Waals surface area contributed by atoms with Gasteiger partial charge in [-0.25, -0.2) is 8.42 Å². The number of nitrogens with one attached hydrogen (secondary N) is 2. The van der Waals surface area contributed by atoms with Crippen LogP contribution in [-0.4, -0.2) is 36.4 Å². The number of carbonyl (C=O) groups is 1. The summed E-state index contributed by atoms with van der Waals surface area (Å²) in [6.45, 7) is 7.51. The highest BCUT2D eigenvalue weighted by Gasteiger charge is 2.32. The van der Waals surface area contributed by atoms with Crippen LogP contribution in [0.4, 0.5) is 11.4 Å². The lowest BCUT2D eigenvalue weighted by molar-refractivity contribution is -0.115. The first-order chi connectivity index (χ1) is 14.2. The molecule has 0 saturated carbocycles. The number of sulfone groups is 1. The number of nitrogens with zero attached hydrogens (tertiary/aromatic N) is 1. The molecule has 0 saturated heterocycles. The van der Waals surface area contributed by atoms with E-state index in [1.54, 1.807) is 19.1 Å². The molecular formula is C21H27N3O5S. The molecule has 0 aliphatic heterocycles. The number of rotatable bonds is 9. The van der Waals surface area contributed by atoms with E-state index in [1.807, 2.05) is 20.8 Å². The quantitative estimate of drug-likeness (QED) is 0.314. The van der Waals surface area contributed by atoms with Gasteiger partial charge < -0.3 is 20.5 Å². The van der Waals surface area contributed by atoms with Gasteiger partial charge in [0.05, 0.1) is 16.3 Å². The number of aromatic nitrogens is 1. The van der Waals surface area contributed by atoms with Crippen LogP contribution in [0, 0.1) is 0 Å². The topological polar surface area (TPSA) is 118 Å². The lowest BCUT2D eigenvalue weighted by Crippen LogP contribution is -2.34. The third-order valence-corrected chi connectivity index (χ3v) is 6.76. The Labute approximate surface area is 176 Å². The molecular weight excluding hydrogens is 406 g/mol. The fourth-order valence-corrected chi connectivity index (χ4v) is 4.20. The number of carbonyl (C=O) groups excluding carboxylic acids is 1. The zero-order chi connectivity index (χ0) is 22.3. The molecule has 0 aliphatic carbocycles. The van der Waals surface area contributed by atoms with Crippen LogP contribution >= 0.6 is 0 Å². The van der Waals surface area contributed by atoms with Gasteiger partial charge in [0.2, 0.25) is 5.91 Å². The lowest BCUT2D eigenvalue weighted by Gasteiger charge is -2.17. The standard InChI is InChI=1S/C21H27N3O5S/c1-5-20(30(27,28)17-8-10-22-11-9-17)21(26)24-16-6-7-18(19(25)12-16)23-13-29-15(4)14(2)3/h6-12,20,23,25H,5,13H2,1-4H3,(H,24,26). The van der Waals surface area contributed by atoms with Crippen LogP contribution in [0.3, 0.4) is 0 Å². The van der Waals surface area contributed by atoms with Crippen LogP contribution < -0.4 is 10.6 Å². The van der Waals surface area contributed by atoms with E-state index in [1.165, 1.54) is 30.6 Å². The lowest BCUT2D eigenvalue weighted by atomic mass is 10.2. The van der Waals surface area contributed by atoms with Crippen LogP contribution in [0.15, 0.2) is 59.0 Å². The number of hydrogen-bond acceptors (Lipinski definition) is 7. The van der Waals surface area contributed by atoms with Crippen molar-refractivity contribution in [1.29, 1.82) is 0 Å². The van der Waals surface area contributed by atoms with E-state index in [0.29, 0.717) is 5.69 Å². The van der Waals surface area contributed by atoms with Gasteiger partial charge in [-0.2, -0.15) is 0 Å². The van der Waals surface area contributed by atoms with Crippen LogP contribution in [0.5, 0.6) is 5.75 Å². The maximum Gasteiger partial charge on any atom is 0.243 e. The van der Waals surface area contributed by atoms with Crippen molar-refractivity contribution in [3.05, 3.63) is 54.1 Å². The SMILES string of the molecule is CCC(C(=O)Nc1ccc(NCOC(C)=C(C)C)c(O)c1)S(=O)(=O)c1ccncc1. The van der Waals surface area contributed by atoms with Gasteiger partial charge in [0.1, 0.15) is 11.0 Å². The molecule has 1 heterocycles. The second kappa shape index (κ2) is 10.1. The van der Waals surface area contributed by atoms with Gasteiger partial charge in [0, 0.05) is 24.1 Å². The van der Waals surface area contributed by atoms with Gasteiger partial charge in [-0.1, -0.05) is 6.92 Å². The Bertz CT molecular complexity index is 1020. The number of phenolic OH excluding ortho intramolecular Hbond substituents is 1. The molecule has 2 aromatic rings. The smallest absolute Gasteiger partial charge is 0.243 e. The molecule has 0 fully saturated rings. The minimum absolute atomic E-state index is 0.0357. The molecule has 1 aromatic heterocycles. The summed E-state index contributed by atoms with van der Waals surface area (Å²) < 4.78 is 31.0. The Morgan fingerprint density at radius 1 is 1.17 bits per heavy atom. The van der Waals surface area contributed by atoms with Gasteiger partial charge in [-0.3, -0.25) is 9.78 Å². The Hall–Kier alpha value is -3.07. The molecule has 0 radical (unpaired) electrons. The summed E-state index contributed by atoms with van der Waals surface area (Å²) in [7, 11) is -3.86. The van der Waals surface area contributed by atoms with Gasteiger partial charge >= 0.3 is 0 Å². The summed E-state index contributed by atoms with van der Waals surface area (Å²) in [6.07, 6.45) is 2.83. The van der Waals surface area contributed by atoms with Crippen LogP contribution in [0.2, 0.25) is 0 Å². The molecule has 1 amide bonds. The fourth-order valence-electron chi connectivity index (χ4n) is 2.59. The van der Waals surface area contributed by atoms with Crippen LogP contribution in [-0.2, 0) is 19.4 Å².